The van der Waals surface area contributed by atoms with Gasteiger partial charge in [-0.25, -0.2) is 8.42 Å². The van der Waals surface area contributed by atoms with Crippen molar-refractivity contribution < 1.29 is 13.2 Å². The van der Waals surface area contributed by atoms with Crippen LogP contribution in [0.15, 0.2) is 18.2 Å². The van der Waals surface area contributed by atoms with Crippen LogP contribution in [0, 0.1) is 6.92 Å². The molecule has 1 N–H and O–H groups in total. The summed E-state index contributed by atoms with van der Waals surface area (Å²) >= 11 is 6.03. The fourth-order valence-corrected chi connectivity index (χ4v) is 4.60. The van der Waals surface area contributed by atoms with E-state index < -0.39 is 10.0 Å². The van der Waals surface area contributed by atoms with Gasteiger partial charge in [-0.2, -0.15) is 0 Å². The predicted octanol–water partition coefficient (Wildman–Crippen LogP) is 4.03. The van der Waals surface area contributed by atoms with Crippen molar-refractivity contribution in [2.75, 3.05) is 17.1 Å². The maximum absolute atomic E-state index is 12.2. The first kappa shape index (κ1) is 21.0. The lowest BCUT2D eigenvalue weighted by atomic mass is 10.1. The van der Waals surface area contributed by atoms with Crippen LogP contribution >= 0.6 is 11.6 Å². The molecular weight excluding hydrogens is 372 g/mol. The number of aryl methyl sites for hydroxylation is 1. The molecule has 1 aliphatic carbocycles. The van der Waals surface area contributed by atoms with Crippen molar-refractivity contribution in [3.05, 3.63) is 28.8 Å². The summed E-state index contributed by atoms with van der Waals surface area (Å²) in [4.78, 5) is 12.2. The first-order valence-corrected chi connectivity index (χ1v) is 11.5. The zero-order chi connectivity index (χ0) is 19.2. The van der Waals surface area contributed by atoms with E-state index in [1.165, 1.54) is 36.2 Å². The molecule has 0 atom stereocenters. The van der Waals surface area contributed by atoms with Crippen molar-refractivity contribution in [3.63, 3.8) is 0 Å². The molecule has 5 nitrogen and oxygen atoms in total. The van der Waals surface area contributed by atoms with Gasteiger partial charge in [-0.3, -0.25) is 9.10 Å². The molecule has 0 radical (unpaired) electrons. The summed E-state index contributed by atoms with van der Waals surface area (Å²) in [5.74, 6) is 0.00756. The standard InChI is InChI=1S/C19H29ClN2O3S/c1-15-11-12-16(20)14-18(15)22(26(2,24)25)13-7-10-19(23)21-17-8-5-3-4-6-9-17/h11-12,14,17H,3-10,13H2,1-2H3,(H,21,23). The minimum Gasteiger partial charge on any atom is -0.353 e. The molecule has 146 valence electrons. The van der Waals surface area contributed by atoms with Gasteiger partial charge in [-0.15, -0.1) is 0 Å². The Balaban J connectivity index is 1.93. The van der Waals surface area contributed by atoms with Crippen molar-refractivity contribution in [2.24, 2.45) is 0 Å². The maximum atomic E-state index is 12.2. The number of benzene rings is 1. The molecule has 1 aliphatic rings. The van der Waals surface area contributed by atoms with Crippen molar-refractivity contribution in [1.29, 1.82) is 0 Å². The SMILES string of the molecule is Cc1ccc(Cl)cc1N(CCCC(=O)NC1CCCCCC1)S(C)(=O)=O. The molecule has 0 heterocycles. The molecule has 7 heteroatoms. The van der Waals surface area contributed by atoms with Gasteiger partial charge in [0, 0.05) is 24.0 Å². The topological polar surface area (TPSA) is 66.5 Å². The van der Waals surface area contributed by atoms with E-state index in [9.17, 15) is 13.2 Å². The number of nitrogens with zero attached hydrogens (tertiary/aromatic N) is 1. The predicted molar refractivity (Wildman–Crippen MR) is 107 cm³/mol. The van der Waals surface area contributed by atoms with Gasteiger partial charge in [0.2, 0.25) is 15.9 Å². The molecule has 0 aliphatic heterocycles. The molecule has 0 spiro atoms. The number of nitrogens with one attached hydrogen (secondary N) is 1. The van der Waals surface area contributed by atoms with Crippen molar-refractivity contribution >= 4 is 33.2 Å². The Morgan fingerprint density at radius 3 is 2.50 bits per heavy atom. The van der Waals surface area contributed by atoms with E-state index >= 15 is 0 Å². The van der Waals surface area contributed by atoms with E-state index in [2.05, 4.69) is 5.32 Å². The van der Waals surface area contributed by atoms with E-state index in [1.54, 1.807) is 18.2 Å². The van der Waals surface area contributed by atoms with Crippen LogP contribution in [0.25, 0.3) is 0 Å². The summed E-state index contributed by atoms with van der Waals surface area (Å²) in [6.45, 7) is 2.11. The Hall–Kier alpha value is -1.27. The number of rotatable bonds is 7. The van der Waals surface area contributed by atoms with Crippen LogP contribution in [0.5, 0.6) is 0 Å². The first-order chi connectivity index (χ1) is 12.3. The molecule has 0 aromatic heterocycles. The number of anilines is 1. The maximum Gasteiger partial charge on any atom is 0.232 e. The fourth-order valence-electron chi connectivity index (χ4n) is 3.42. The quantitative estimate of drug-likeness (QED) is 0.702. The fraction of sp³-hybridized carbons (Fsp3) is 0.632. The second kappa shape index (κ2) is 9.60. The second-order valence-electron chi connectivity index (χ2n) is 7.13. The van der Waals surface area contributed by atoms with Crippen LogP contribution in [0.2, 0.25) is 5.02 Å². The Morgan fingerprint density at radius 1 is 1.23 bits per heavy atom. The molecule has 0 unspecified atom stereocenters. The van der Waals surface area contributed by atoms with Gasteiger partial charge in [0.15, 0.2) is 0 Å². The molecule has 1 amide bonds. The lowest BCUT2D eigenvalue weighted by Crippen LogP contribution is -2.36. The molecule has 1 aromatic rings. The number of sulfonamides is 1. The van der Waals surface area contributed by atoms with Crippen LogP contribution in [0.3, 0.4) is 0 Å². The number of hydrogen-bond acceptors (Lipinski definition) is 3. The summed E-state index contributed by atoms with van der Waals surface area (Å²) in [6, 6.07) is 5.46. The third-order valence-corrected chi connectivity index (χ3v) is 6.24. The van der Waals surface area contributed by atoms with E-state index in [0.717, 1.165) is 18.4 Å². The molecule has 0 saturated heterocycles. The molecule has 26 heavy (non-hydrogen) atoms. The van der Waals surface area contributed by atoms with E-state index in [-0.39, 0.29) is 18.5 Å². The van der Waals surface area contributed by atoms with Gasteiger partial charge in [0.1, 0.15) is 0 Å². The zero-order valence-corrected chi connectivity index (χ0v) is 17.2. The number of carbonyl (C=O) groups excluding carboxylic acids is 1. The highest BCUT2D eigenvalue weighted by atomic mass is 35.5. The second-order valence-corrected chi connectivity index (χ2v) is 9.47. The van der Waals surface area contributed by atoms with Gasteiger partial charge in [0.05, 0.1) is 11.9 Å². The minimum absolute atomic E-state index is 0.00756. The van der Waals surface area contributed by atoms with Gasteiger partial charge in [-0.05, 0) is 43.9 Å². The van der Waals surface area contributed by atoms with Gasteiger partial charge in [-0.1, -0.05) is 43.4 Å². The minimum atomic E-state index is -3.44. The highest BCUT2D eigenvalue weighted by molar-refractivity contribution is 7.92. The Morgan fingerprint density at radius 2 is 1.88 bits per heavy atom. The molecular formula is C19H29ClN2O3S. The largest absolute Gasteiger partial charge is 0.353 e. The van der Waals surface area contributed by atoms with Crippen LogP contribution < -0.4 is 9.62 Å². The smallest absolute Gasteiger partial charge is 0.232 e. The number of carbonyl (C=O) groups is 1. The van der Waals surface area contributed by atoms with Crippen LogP contribution in [-0.4, -0.2) is 33.2 Å². The van der Waals surface area contributed by atoms with Crippen LogP contribution in [0.4, 0.5) is 5.69 Å². The number of amides is 1. The van der Waals surface area contributed by atoms with Crippen molar-refractivity contribution in [3.8, 4) is 0 Å². The third kappa shape index (κ3) is 6.47. The molecule has 1 saturated carbocycles. The van der Waals surface area contributed by atoms with Gasteiger partial charge < -0.3 is 5.32 Å². The average Bonchev–Trinajstić information content (AvgIpc) is 2.82. The summed E-state index contributed by atoms with van der Waals surface area (Å²) in [6.07, 6.45) is 8.88. The monoisotopic (exact) mass is 400 g/mol. The summed E-state index contributed by atoms with van der Waals surface area (Å²) < 4.78 is 25.8. The zero-order valence-electron chi connectivity index (χ0n) is 15.6. The van der Waals surface area contributed by atoms with Gasteiger partial charge >= 0.3 is 0 Å². The number of halogens is 1. The Labute approximate surface area is 162 Å². The Kier molecular flexibility index (Phi) is 7.77. The highest BCUT2D eigenvalue weighted by Gasteiger charge is 2.20. The number of hydrogen-bond donors (Lipinski definition) is 1. The van der Waals surface area contributed by atoms with E-state index in [4.69, 9.17) is 11.6 Å². The Bertz CT molecular complexity index is 713. The van der Waals surface area contributed by atoms with Crippen molar-refractivity contribution in [1.82, 2.24) is 5.32 Å². The third-order valence-electron chi connectivity index (χ3n) is 4.83. The lowest BCUT2D eigenvalue weighted by molar-refractivity contribution is -0.121. The average molecular weight is 401 g/mol. The van der Waals surface area contributed by atoms with Gasteiger partial charge in [0.25, 0.3) is 0 Å². The lowest BCUT2D eigenvalue weighted by Gasteiger charge is -2.24. The van der Waals surface area contributed by atoms with Crippen LogP contribution in [0.1, 0.15) is 56.9 Å². The summed E-state index contributed by atoms with van der Waals surface area (Å²) in [5.41, 5.74) is 1.41. The summed E-state index contributed by atoms with van der Waals surface area (Å²) in [7, 11) is -3.44. The van der Waals surface area contributed by atoms with E-state index in [0.29, 0.717) is 23.6 Å². The first-order valence-electron chi connectivity index (χ1n) is 9.30. The molecule has 2 rings (SSSR count). The molecule has 1 aromatic carbocycles. The normalized spacial score (nSPS) is 16.1. The molecule has 0 bridgehead atoms. The van der Waals surface area contributed by atoms with Crippen LogP contribution in [-0.2, 0) is 14.8 Å². The van der Waals surface area contributed by atoms with Crippen molar-refractivity contribution in [2.45, 2.75) is 64.3 Å². The molecule has 1 fully saturated rings. The highest BCUT2D eigenvalue weighted by Crippen LogP contribution is 2.26. The summed E-state index contributed by atoms with van der Waals surface area (Å²) in [5, 5.41) is 3.59. The van der Waals surface area contributed by atoms with E-state index in [1.807, 2.05) is 6.92 Å².